The summed E-state index contributed by atoms with van der Waals surface area (Å²) in [5, 5.41) is 12.4. The molecule has 0 spiro atoms. The van der Waals surface area contributed by atoms with E-state index in [4.69, 9.17) is 0 Å². The first-order valence-corrected chi connectivity index (χ1v) is 9.27. The summed E-state index contributed by atoms with van der Waals surface area (Å²) in [6, 6.07) is 1.72. The molecule has 1 aromatic heterocycles. The molecule has 5 heteroatoms. The molecule has 0 saturated heterocycles. The van der Waals surface area contributed by atoms with E-state index in [9.17, 15) is 14.7 Å². The van der Waals surface area contributed by atoms with Crippen molar-refractivity contribution in [1.82, 2.24) is 4.90 Å². The average Bonchev–Trinajstić information content (AvgIpc) is 3.09. The Morgan fingerprint density at radius 1 is 1.35 bits per heavy atom. The number of thiophene rings is 1. The molecule has 1 aliphatic carbocycles. The van der Waals surface area contributed by atoms with Gasteiger partial charge < -0.3 is 10.0 Å². The maximum Gasteiger partial charge on any atom is 0.290 e. The van der Waals surface area contributed by atoms with Crippen LogP contribution in [0.3, 0.4) is 0 Å². The molecule has 1 amide bonds. The predicted octanol–water partition coefficient (Wildman–Crippen LogP) is 4.06. The minimum Gasteiger partial charge on any atom is -0.503 e. The number of rotatable bonds is 4. The van der Waals surface area contributed by atoms with E-state index in [-0.39, 0.29) is 23.5 Å². The normalized spacial score (nSPS) is 23.0. The van der Waals surface area contributed by atoms with Crippen molar-refractivity contribution in [2.75, 3.05) is 0 Å². The van der Waals surface area contributed by atoms with Crippen LogP contribution in [0.4, 0.5) is 0 Å². The molecule has 1 aromatic rings. The average molecular weight is 333 g/mol. The minimum absolute atomic E-state index is 0.118. The number of carbonyl (C=O) groups is 2. The van der Waals surface area contributed by atoms with Gasteiger partial charge in [-0.05, 0) is 36.8 Å². The van der Waals surface area contributed by atoms with E-state index in [1.54, 1.807) is 23.2 Å². The zero-order chi connectivity index (χ0) is 16.6. The number of nitrogens with zero attached hydrogens (tertiary/aromatic N) is 1. The van der Waals surface area contributed by atoms with E-state index in [0.717, 1.165) is 36.1 Å². The van der Waals surface area contributed by atoms with Gasteiger partial charge in [0.05, 0.1) is 11.6 Å². The topological polar surface area (TPSA) is 57.6 Å². The van der Waals surface area contributed by atoms with Gasteiger partial charge in [-0.3, -0.25) is 9.59 Å². The Hall–Kier alpha value is -1.62. The van der Waals surface area contributed by atoms with Crippen LogP contribution in [0.15, 0.2) is 22.8 Å². The standard InChI is InChI=1S/C18H23NO3S/c1-3-13(20)14-15(17-11(2)9-10-23-17)19(18(22)16(14)21)12-7-5-4-6-8-12/h9-10,12,15,21H,3-8H2,1-2H3. The number of aliphatic hydroxyl groups is 1. The van der Waals surface area contributed by atoms with Gasteiger partial charge in [0.15, 0.2) is 11.5 Å². The number of hydrogen-bond donors (Lipinski definition) is 1. The lowest BCUT2D eigenvalue weighted by Gasteiger charge is -2.36. The lowest BCUT2D eigenvalue weighted by Crippen LogP contribution is -2.41. The second kappa shape index (κ2) is 6.48. The lowest BCUT2D eigenvalue weighted by atomic mass is 9.91. The van der Waals surface area contributed by atoms with Gasteiger partial charge in [-0.1, -0.05) is 26.2 Å². The highest BCUT2D eigenvalue weighted by molar-refractivity contribution is 7.10. The monoisotopic (exact) mass is 333 g/mol. The van der Waals surface area contributed by atoms with Crippen LogP contribution < -0.4 is 0 Å². The van der Waals surface area contributed by atoms with Crippen molar-refractivity contribution in [3.05, 3.63) is 33.2 Å². The fraction of sp³-hybridized carbons (Fsp3) is 0.556. The Morgan fingerprint density at radius 2 is 2.04 bits per heavy atom. The number of hydrogen-bond acceptors (Lipinski definition) is 4. The highest BCUT2D eigenvalue weighted by atomic mass is 32.1. The number of ketones is 1. The quantitative estimate of drug-likeness (QED) is 0.904. The fourth-order valence-corrected chi connectivity index (χ4v) is 4.79. The van der Waals surface area contributed by atoms with Crippen molar-refractivity contribution in [3.8, 4) is 0 Å². The number of Topliss-reactive ketones (excluding diaryl/α,β-unsaturated/α-hetero) is 1. The van der Waals surface area contributed by atoms with E-state index >= 15 is 0 Å². The van der Waals surface area contributed by atoms with Gasteiger partial charge in [-0.2, -0.15) is 0 Å². The number of carbonyl (C=O) groups excluding carboxylic acids is 2. The molecule has 2 heterocycles. The Balaban J connectivity index is 2.07. The highest BCUT2D eigenvalue weighted by Gasteiger charge is 2.46. The summed E-state index contributed by atoms with van der Waals surface area (Å²) in [5.74, 6) is -0.835. The van der Waals surface area contributed by atoms with Gasteiger partial charge in [-0.15, -0.1) is 11.3 Å². The number of amides is 1. The second-order valence-electron chi connectivity index (χ2n) is 6.41. The Bertz CT molecular complexity index is 655. The van der Waals surface area contributed by atoms with E-state index in [2.05, 4.69) is 0 Å². The summed E-state index contributed by atoms with van der Waals surface area (Å²) in [6.45, 7) is 3.77. The maximum atomic E-state index is 12.7. The molecule has 1 unspecified atom stereocenters. The van der Waals surface area contributed by atoms with Gasteiger partial charge in [-0.25, -0.2) is 0 Å². The van der Waals surface area contributed by atoms with Crippen LogP contribution in [0.1, 0.15) is 61.9 Å². The molecular weight excluding hydrogens is 310 g/mol. The van der Waals surface area contributed by atoms with Gasteiger partial charge >= 0.3 is 0 Å². The van der Waals surface area contributed by atoms with E-state index < -0.39 is 6.04 Å². The number of aryl methyl sites for hydroxylation is 1. The predicted molar refractivity (Wildman–Crippen MR) is 90.5 cm³/mol. The fourth-order valence-electron chi connectivity index (χ4n) is 3.76. The van der Waals surface area contributed by atoms with Gasteiger partial charge in [0, 0.05) is 17.3 Å². The van der Waals surface area contributed by atoms with E-state index in [1.165, 1.54) is 6.42 Å². The number of aliphatic hydroxyl groups excluding tert-OH is 1. The van der Waals surface area contributed by atoms with Gasteiger partial charge in [0.25, 0.3) is 5.91 Å². The maximum absolute atomic E-state index is 12.7. The summed E-state index contributed by atoms with van der Waals surface area (Å²) in [5.41, 5.74) is 1.37. The van der Waals surface area contributed by atoms with Crippen LogP contribution in [0, 0.1) is 6.92 Å². The smallest absolute Gasteiger partial charge is 0.290 e. The van der Waals surface area contributed by atoms with Crippen LogP contribution in [-0.2, 0) is 9.59 Å². The third kappa shape index (κ3) is 2.71. The van der Waals surface area contributed by atoms with Crippen LogP contribution >= 0.6 is 11.3 Å². The van der Waals surface area contributed by atoms with Crippen molar-refractivity contribution in [2.24, 2.45) is 0 Å². The van der Waals surface area contributed by atoms with Crippen molar-refractivity contribution in [2.45, 2.75) is 64.5 Å². The molecule has 1 fully saturated rings. The highest BCUT2D eigenvalue weighted by Crippen LogP contribution is 2.44. The summed E-state index contributed by atoms with van der Waals surface area (Å²) >= 11 is 1.56. The largest absolute Gasteiger partial charge is 0.503 e. The third-order valence-electron chi connectivity index (χ3n) is 4.98. The van der Waals surface area contributed by atoms with Crippen molar-refractivity contribution in [3.63, 3.8) is 0 Å². The molecule has 2 aliphatic rings. The molecule has 3 rings (SSSR count). The van der Waals surface area contributed by atoms with Crippen molar-refractivity contribution >= 4 is 23.0 Å². The first-order chi connectivity index (χ1) is 11.1. The molecule has 1 atom stereocenters. The zero-order valence-electron chi connectivity index (χ0n) is 13.7. The molecule has 1 N–H and O–H groups in total. The molecule has 1 aliphatic heterocycles. The Kier molecular flexibility index (Phi) is 4.57. The molecule has 1 saturated carbocycles. The SMILES string of the molecule is CCC(=O)C1=C(O)C(=O)N(C2CCCCC2)C1c1sccc1C. The molecule has 23 heavy (non-hydrogen) atoms. The van der Waals surface area contributed by atoms with Crippen LogP contribution in [0.25, 0.3) is 0 Å². The minimum atomic E-state index is -0.405. The molecule has 4 nitrogen and oxygen atoms in total. The summed E-state index contributed by atoms with van der Waals surface area (Å²) < 4.78 is 0. The molecule has 0 bridgehead atoms. The molecule has 124 valence electrons. The van der Waals surface area contributed by atoms with Crippen LogP contribution in [-0.4, -0.2) is 27.7 Å². The first kappa shape index (κ1) is 16.2. The van der Waals surface area contributed by atoms with E-state index in [0.29, 0.717) is 12.0 Å². The first-order valence-electron chi connectivity index (χ1n) is 8.39. The van der Waals surface area contributed by atoms with E-state index in [1.807, 2.05) is 18.4 Å². The Labute approximate surface area is 140 Å². The third-order valence-corrected chi connectivity index (χ3v) is 6.05. The van der Waals surface area contributed by atoms with Crippen LogP contribution in [0.5, 0.6) is 0 Å². The van der Waals surface area contributed by atoms with Gasteiger partial charge in [0.2, 0.25) is 0 Å². The second-order valence-corrected chi connectivity index (χ2v) is 7.36. The Morgan fingerprint density at radius 3 is 2.61 bits per heavy atom. The lowest BCUT2D eigenvalue weighted by molar-refractivity contribution is -0.132. The summed E-state index contributed by atoms with van der Waals surface area (Å²) in [6.07, 6.45) is 5.60. The van der Waals surface area contributed by atoms with Crippen molar-refractivity contribution in [1.29, 1.82) is 0 Å². The van der Waals surface area contributed by atoms with Crippen LogP contribution in [0.2, 0.25) is 0 Å². The van der Waals surface area contributed by atoms with Gasteiger partial charge in [0.1, 0.15) is 0 Å². The molecule has 0 aromatic carbocycles. The molecule has 0 radical (unpaired) electrons. The zero-order valence-corrected chi connectivity index (χ0v) is 14.5. The summed E-state index contributed by atoms with van der Waals surface area (Å²) in [4.78, 5) is 27.9. The summed E-state index contributed by atoms with van der Waals surface area (Å²) in [7, 11) is 0. The molecular formula is C18H23NO3S. The van der Waals surface area contributed by atoms with Crippen molar-refractivity contribution < 1.29 is 14.7 Å².